The van der Waals surface area contributed by atoms with Gasteiger partial charge in [-0.3, -0.25) is 24.6 Å². The summed E-state index contributed by atoms with van der Waals surface area (Å²) in [6, 6.07) is 10.4. The molecule has 0 spiro atoms. The van der Waals surface area contributed by atoms with Crippen LogP contribution in [0.2, 0.25) is 0 Å². The molecule has 4 rings (SSSR count). The molecule has 1 N–H and O–H groups in total. The van der Waals surface area contributed by atoms with E-state index in [1.54, 1.807) is 32.0 Å². The van der Waals surface area contributed by atoms with Crippen molar-refractivity contribution in [3.8, 4) is 5.75 Å². The summed E-state index contributed by atoms with van der Waals surface area (Å²) >= 11 is 0.867. The third-order valence-corrected chi connectivity index (χ3v) is 6.80. The largest absolute Gasteiger partial charge is 0.507 e. The average molecular weight is 524 g/mol. The van der Waals surface area contributed by atoms with Crippen LogP contribution in [-0.4, -0.2) is 46.4 Å². The van der Waals surface area contributed by atoms with Crippen LogP contribution in [0.5, 0.6) is 5.75 Å². The van der Waals surface area contributed by atoms with Crippen molar-refractivity contribution in [2.45, 2.75) is 19.9 Å². The van der Waals surface area contributed by atoms with Gasteiger partial charge in [0.05, 0.1) is 35.9 Å². The molecule has 3 aromatic rings. The van der Waals surface area contributed by atoms with Crippen molar-refractivity contribution >= 4 is 45.6 Å². The number of methoxy groups -OCH3 is 1. The van der Waals surface area contributed by atoms with E-state index in [2.05, 4.69) is 4.98 Å². The van der Waals surface area contributed by atoms with Gasteiger partial charge >= 0.3 is 11.9 Å². The van der Waals surface area contributed by atoms with E-state index in [-0.39, 0.29) is 33.4 Å². The zero-order chi connectivity index (χ0) is 26.9. The number of non-ortho nitro benzene ring substituents is 1. The standard InChI is InChI=1S/C25H21N3O8S/c1-4-36-24(32)22-13(2)26-25(37-22)27-19(14-8-10-16(11-9-14)28(33)34)18(21(30)23(27)31)20(29)15-6-5-7-17(12-15)35-3/h5-12,19,29H,4H2,1-3H3/b20-18+. The van der Waals surface area contributed by atoms with Gasteiger partial charge in [0.1, 0.15) is 16.4 Å². The molecule has 1 atom stereocenters. The minimum atomic E-state index is -1.17. The molecule has 190 valence electrons. The number of amides is 1. The van der Waals surface area contributed by atoms with Crippen LogP contribution >= 0.6 is 11.3 Å². The molecule has 1 unspecified atom stereocenters. The molecule has 0 aliphatic carbocycles. The molecule has 1 saturated heterocycles. The summed E-state index contributed by atoms with van der Waals surface area (Å²) in [4.78, 5) is 55.1. The highest BCUT2D eigenvalue weighted by Gasteiger charge is 2.48. The monoisotopic (exact) mass is 523 g/mol. The summed E-state index contributed by atoms with van der Waals surface area (Å²) in [5, 5.41) is 22.4. The molecule has 37 heavy (non-hydrogen) atoms. The smallest absolute Gasteiger partial charge is 0.350 e. The van der Waals surface area contributed by atoms with Gasteiger partial charge in [0.15, 0.2) is 5.13 Å². The molecule has 1 aromatic heterocycles. The van der Waals surface area contributed by atoms with Crippen LogP contribution in [0.1, 0.15) is 39.5 Å². The number of hydrogen-bond acceptors (Lipinski definition) is 10. The Kier molecular flexibility index (Phi) is 7.02. The van der Waals surface area contributed by atoms with Crippen molar-refractivity contribution in [2.75, 3.05) is 18.6 Å². The number of esters is 1. The molecule has 1 amide bonds. The first kappa shape index (κ1) is 25.5. The fourth-order valence-corrected chi connectivity index (χ4v) is 4.91. The number of ether oxygens (including phenoxy) is 2. The van der Waals surface area contributed by atoms with Crippen molar-refractivity contribution < 1.29 is 33.9 Å². The summed E-state index contributed by atoms with van der Waals surface area (Å²) in [5.74, 6) is -2.61. The van der Waals surface area contributed by atoms with Gasteiger partial charge < -0.3 is 14.6 Å². The van der Waals surface area contributed by atoms with Crippen LogP contribution in [0.4, 0.5) is 10.8 Å². The van der Waals surface area contributed by atoms with Crippen LogP contribution < -0.4 is 9.64 Å². The zero-order valence-electron chi connectivity index (χ0n) is 20.0. The minimum Gasteiger partial charge on any atom is -0.507 e. The zero-order valence-corrected chi connectivity index (χ0v) is 20.8. The van der Waals surface area contributed by atoms with E-state index in [4.69, 9.17) is 9.47 Å². The molecule has 12 heteroatoms. The number of nitro benzene ring substituents is 1. The second-order valence-electron chi connectivity index (χ2n) is 7.88. The van der Waals surface area contributed by atoms with E-state index in [0.717, 1.165) is 16.2 Å². The highest BCUT2D eigenvalue weighted by molar-refractivity contribution is 7.17. The van der Waals surface area contributed by atoms with Crippen LogP contribution in [0.25, 0.3) is 5.76 Å². The van der Waals surface area contributed by atoms with Gasteiger partial charge in [0.25, 0.3) is 11.5 Å². The van der Waals surface area contributed by atoms with Crippen molar-refractivity contribution in [3.05, 3.63) is 85.9 Å². The maximum absolute atomic E-state index is 13.3. The normalized spacial score (nSPS) is 16.6. The lowest BCUT2D eigenvalue weighted by atomic mass is 9.95. The van der Waals surface area contributed by atoms with Crippen molar-refractivity contribution in [2.24, 2.45) is 0 Å². The van der Waals surface area contributed by atoms with Gasteiger partial charge in [-0.15, -0.1) is 0 Å². The van der Waals surface area contributed by atoms with E-state index in [9.17, 15) is 29.6 Å². The van der Waals surface area contributed by atoms with E-state index in [0.29, 0.717) is 17.0 Å². The summed E-state index contributed by atoms with van der Waals surface area (Å²) in [5.41, 5.74) is 0.419. The number of carbonyl (C=O) groups excluding carboxylic acids is 3. The predicted molar refractivity (Wildman–Crippen MR) is 134 cm³/mol. The fraction of sp³-hybridized carbons (Fsp3) is 0.200. The van der Waals surface area contributed by atoms with Crippen molar-refractivity contribution in [1.29, 1.82) is 0 Å². The number of ketones is 1. The molecule has 11 nitrogen and oxygen atoms in total. The number of nitrogens with zero attached hydrogens (tertiary/aromatic N) is 3. The summed E-state index contributed by atoms with van der Waals surface area (Å²) < 4.78 is 10.3. The van der Waals surface area contributed by atoms with E-state index in [1.807, 2.05) is 0 Å². The number of thiazole rings is 1. The van der Waals surface area contributed by atoms with Crippen molar-refractivity contribution in [3.63, 3.8) is 0 Å². The molecule has 0 saturated carbocycles. The lowest BCUT2D eigenvalue weighted by molar-refractivity contribution is -0.384. The molecule has 0 bridgehead atoms. The van der Waals surface area contributed by atoms with E-state index >= 15 is 0 Å². The molecule has 1 fully saturated rings. The topological polar surface area (TPSA) is 149 Å². The molecular formula is C25H21N3O8S. The van der Waals surface area contributed by atoms with Gasteiger partial charge in [-0.05, 0) is 43.7 Å². The number of benzene rings is 2. The average Bonchev–Trinajstić information content (AvgIpc) is 3.40. The van der Waals surface area contributed by atoms with Crippen LogP contribution in [-0.2, 0) is 14.3 Å². The summed E-state index contributed by atoms with van der Waals surface area (Å²) in [6.45, 7) is 3.36. The minimum absolute atomic E-state index is 0.0377. The Labute approximate surface area is 214 Å². The highest BCUT2D eigenvalue weighted by Crippen LogP contribution is 2.44. The third kappa shape index (κ3) is 4.66. The molecule has 2 heterocycles. The van der Waals surface area contributed by atoms with Gasteiger partial charge in [0.2, 0.25) is 0 Å². The Balaban J connectivity index is 1.92. The third-order valence-electron chi connectivity index (χ3n) is 5.66. The molecule has 1 aliphatic heterocycles. The fourth-order valence-electron chi connectivity index (χ4n) is 3.92. The van der Waals surface area contributed by atoms with Crippen LogP contribution in [0, 0.1) is 17.0 Å². The molecule has 0 radical (unpaired) electrons. The highest BCUT2D eigenvalue weighted by atomic mass is 32.1. The number of nitro groups is 1. The first-order valence-corrected chi connectivity index (χ1v) is 11.8. The summed E-state index contributed by atoms with van der Waals surface area (Å²) in [6.07, 6.45) is 0. The number of aliphatic hydroxyl groups is 1. The summed E-state index contributed by atoms with van der Waals surface area (Å²) in [7, 11) is 1.45. The van der Waals surface area contributed by atoms with Crippen molar-refractivity contribution in [1.82, 2.24) is 4.98 Å². The van der Waals surface area contributed by atoms with E-state index in [1.165, 1.54) is 37.4 Å². The number of rotatable bonds is 7. The van der Waals surface area contributed by atoms with Gasteiger partial charge in [0, 0.05) is 17.7 Å². The number of Topliss-reactive ketones (excluding diaryl/α,β-unsaturated/α-hetero) is 1. The SMILES string of the molecule is CCOC(=O)c1sc(N2C(=O)C(=O)/C(=C(/O)c3cccc(OC)c3)C2c2ccc([N+](=O)[O-])cc2)nc1C. The first-order valence-electron chi connectivity index (χ1n) is 11.0. The molecular weight excluding hydrogens is 502 g/mol. The Hall–Kier alpha value is -4.58. The Morgan fingerprint density at radius 2 is 1.92 bits per heavy atom. The first-order chi connectivity index (χ1) is 17.7. The van der Waals surface area contributed by atoms with Gasteiger partial charge in [-0.2, -0.15) is 0 Å². The number of aliphatic hydroxyl groups excluding tert-OH is 1. The van der Waals surface area contributed by atoms with Gasteiger partial charge in [-0.25, -0.2) is 9.78 Å². The number of anilines is 1. The number of carbonyl (C=O) groups is 3. The number of hydrogen-bond donors (Lipinski definition) is 1. The Morgan fingerprint density at radius 1 is 1.22 bits per heavy atom. The lowest BCUT2D eigenvalue weighted by Gasteiger charge is -2.23. The number of aromatic nitrogens is 1. The quantitative estimate of drug-likeness (QED) is 0.120. The molecule has 1 aliphatic rings. The second kappa shape index (κ2) is 10.2. The Bertz CT molecular complexity index is 1440. The lowest BCUT2D eigenvalue weighted by Crippen LogP contribution is -2.29. The van der Waals surface area contributed by atoms with E-state index < -0.39 is 34.4 Å². The predicted octanol–water partition coefficient (Wildman–Crippen LogP) is 4.17. The maximum Gasteiger partial charge on any atom is 0.350 e. The molecule has 2 aromatic carbocycles. The van der Waals surface area contributed by atoms with Crippen LogP contribution in [0.3, 0.4) is 0 Å². The van der Waals surface area contributed by atoms with Crippen LogP contribution in [0.15, 0.2) is 54.1 Å². The second-order valence-corrected chi connectivity index (χ2v) is 8.86. The van der Waals surface area contributed by atoms with Gasteiger partial charge in [-0.1, -0.05) is 23.5 Å². The Morgan fingerprint density at radius 3 is 2.54 bits per heavy atom. The maximum atomic E-state index is 13.3. The number of aryl methyl sites for hydroxylation is 1.